The topological polar surface area (TPSA) is 106 Å². The molecule has 2 fully saturated rings. The molecule has 4 rings (SSSR count). The molecule has 37 heavy (non-hydrogen) atoms. The van der Waals surface area contributed by atoms with Gasteiger partial charge in [0.25, 0.3) is 0 Å². The van der Waals surface area contributed by atoms with E-state index in [2.05, 4.69) is 16.3 Å². The Morgan fingerprint density at radius 3 is 2.46 bits per heavy atom. The second-order valence-electron chi connectivity index (χ2n) is 9.95. The number of amides is 1. The van der Waals surface area contributed by atoms with Crippen molar-refractivity contribution in [3.8, 4) is 6.07 Å². The summed E-state index contributed by atoms with van der Waals surface area (Å²) in [7, 11) is -3.77. The van der Waals surface area contributed by atoms with E-state index >= 15 is 0 Å². The zero-order valence-electron chi connectivity index (χ0n) is 21.7. The maximum Gasteiger partial charge on any atom is 0.243 e. The summed E-state index contributed by atoms with van der Waals surface area (Å²) in [4.78, 5) is 17.4. The largest absolute Gasteiger partial charge is 0.379 e. The number of nitriles is 1. The Balaban J connectivity index is 1.38. The number of carbonyl (C=O) groups is 1. The number of benzene rings is 2. The van der Waals surface area contributed by atoms with Crippen LogP contribution in [-0.2, 0) is 26.1 Å². The van der Waals surface area contributed by atoms with Gasteiger partial charge in [0, 0.05) is 50.5 Å². The molecule has 0 aliphatic carbocycles. The molecular weight excluding hydrogens is 490 g/mol. The van der Waals surface area contributed by atoms with E-state index in [-0.39, 0.29) is 29.4 Å². The van der Waals surface area contributed by atoms with Crippen LogP contribution in [-0.4, -0.2) is 86.5 Å². The molecule has 2 aliphatic heterocycles. The molecule has 2 aromatic rings. The number of nitrogens with zero attached hydrogens (tertiary/aromatic N) is 4. The SMILES string of the molecule is Cc1ccc(CN2CCOCC2)cc1NC(=O)CN1CC(C)N(S(=O)(=O)c2cccc(C#N)c2)[C@@H](C)C1. The van der Waals surface area contributed by atoms with Crippen molar-refractivity contribution in [1.29, 1.82) is 5.26 Å². The monoisotopic (exact) mass is 525 g/mol. The van der Waals surface area contributed by atoms with Gasteiger partial charge in [-0.2, -0.15) is 9.57 Å². The van der Waals surface area contributed by atoms with E-state index in [0.29, 0.717) is 18.7 Å². The van der Waals surface area contributed by atoms with Gasteiger partial charge in [-0.05, 0) is 56.2 Å². The van der Waals surface area contributed by atoms with Gasteiger partial charge in [-0.25, -0.2) is 8.42 Å². The molecule has 0 radical (unpaired) electrons. The predicted octanol–water partition coefficient (Wildman–Crippen LogP) is 2.42. The number of ether oxygens (including phenoxy) is 1. The number of piperazine rings is 1. The van der Waals surface area contributed by atoms with Gasteiger partial charge in [0.05, 0.1) is 36.3 Å². The quantitative estimate of drug-likeness (QED) is 0.592. The first-order chi connectivity index (χ1) is 17.7. The summed E-state index contributed by atoms with van der Waals surface area (Å²) < 4.78 is 33.7. The number of nitrogens with one attached hydrogen (secondary N) is 1. The number of carbonyl (C=O) groups excluding carboxylic acids is 1. The summed E-state index contributed by atoms with van der Waals surface area (Å²) in [5.74, 6) is -0.121. The van der Waals surface area contributed by atoms with Gasteiger partial charge in [-0.15, -0.1) is 0 Å². The van der Waals surface area contributed by atoms with E-state index in [1.807, 2.05) is 43.9 Å². The number of rotatable bonds is 7. The zero-order valence-corrected chi connectivity index (χ0v) is 22.5. The van der Waals surface area contributed by atoms with Crippen molar-refractivity contribution in [2.45, 2.75) is 44.3 Å². The first-order valence-electron chi connectivity index (χ1n) is 12.6. The van der Waals surface area contributed by atoms with Crippen LogP contribution >= 0.6 is 0 Å². The molecule has 0 bridgehead atoms. The van der Waals surface area contributed by atoms with Gasteiger partial charge in [-0.1, -0.05) is 18.2 Å². The van der Waals surface area contributed by atoms with E-state index in [0.717, 1.165) is 49.7 Å². The molecule has 2 aliphatic rings. The number of hydrogen-bond donors (Lipinski definition) is 1. The van der Waals surface area contributed by atoms with Crippen LogP contribution in [0.1, 0.15) is 30.5 Å². The number of morpholine rings is 1. The highest BCUT2D eigenvalue weighted by Crippen LogP contribution is 2.26. The van der Waals surface area contributed by atoms with Crippen molar-refractivity contribution in [2.75, 3.05) is 51.3 Å². The van der Waals surface area contributed by atoms with Crippen molar-refractivity contribution in [2.24, 2.45) is 0 Å². The molecule has 0 saturated carbocycles. The van der Waals surface area contributed by atoms with E-state index in [9.17, 15) is 13.2 Å². The molecule has 10 heteroatoms. The number of hydrogen-bond acceptors (Lipinski definition) is 7. The average molecular weight is 526 g/mol. The molecule has 2 saturated heterocycles. The van der Waals surface area contributed by atoms with Crippen molar-refractivity contribution < 1.29 is 17.9 Å². The van der Waals surface area contributed by atoms with E-state index in [4.69, 9.17) is 10.00 Å². The van der Waals surface area contributed by atoms with Crippen molar-refractivity contribution in [3.05, 3.63) is 59.2 Å². The number of aryl methyl sites for hydroxylation is 1. The van der Waals surface area contributed by atoms with Crippen molar-refractivity contribution in [3.63, 3.8) is 0 Å². The smallest absolute Gasteiger partial charge is 0.243 e. The number of anilines is 1. The molecule has 2 heterocycles. The molecule has 0 aromatic heterocycles. The molecule has 9 nitrogen and oxygen atoms in total. The highest BCUT2D eigenvalue weighted by atomic mass is 32.2. The van der Waals surface area contributed by atoms with E-state index < -0.39 is 10.0 Å². The van der Waals surface area contributed by atoms with Gasteiger partial charge in [0.15, 0.2) is 0 Å². The van der Waals surface area contributed by atoms with Crippen LogP contribution in [0.5, 0.6) is 0 Å². The minimum Gasteiger partial charge on any atom is -0.379 e. The molecular formula is C27H35N5O4S. The Morgan fingerprint density at radius 2 is 1.78 bits per heavy atom. The lowest BCUT2D eigenvalue weighted by atomic mass is 10.1. The standard InChI is InChI=1S/C27H35N5O4S/c1-20-7-8-24(18-30-9-11-36-12-10-30)14-26(20)29-27(33)19-31-16-21(2)32(22(3)17-31)37(34,35)25-6-4-5-23(13-25)15-28/h4-8,13-14,21-22H,9-12,16-19H2,1-3H3,(H,29,33)/t21-,22?/m0/s1. The lowest BCUT2D eigenvalue weighted by molar-refractivity contribution is -0.118. The second-order valence-corrected chi connectivity index (χ2v) is 11.8. The normalized spacial score (nSPS) is 21.9. The third-order valence-electron chi connectivity index (χ3n) is 6.91. The van der Waals surface area contributed by atoms with Crippen LogP contribution in [0.4, 0.5) is 5.69 Å². The zero-order chi connectivity index (χ0) is 26.6. The predicted molar refractivity (Wildman–Crippen MR) is 141 cm³/mol. The Labute approximate surface area is 219 Å². The van der Waals surface area contributed by atoms with E-state index in [1.54, 1.807) is 12.1 Å². The molecule has 198 valence electrons. The summed E-state index contributed by atoms with van der Waals surface area (Å²) in [5.41, 5.74) is 3.25. The van der Waals surface area contributed by atoms with Crippen LogP contribution < -0.4 is 5.32 Å². The van der Waals surface area contributed by atoms with Gasteiger partial charge >= 0.3 is 0 Å². The fourth-order valence-corrected chi connectivity index (χ4v) is 7.03. The first-order valence-corrected chi connectivity index (χ1v) is 14.1. The third kappa shape index (κ3) is 6.55. The fraction of sp³-hybridized carbons (Fsp3) is 0.481. The van der Waals surface area contributed by atoms with Gasteiger partial charge in [0.1, 0.15) is 0 Å². The van der Waals surface area contributed by atoms with Crippen LogP contribution in [0.2, 0.25) is 0 Å². The number of sulfonamides is 1. The summed E-state index contributed by atoms with van der Waals surface area (Å²) in [6.07, 6.45) is 0. The summed E-state index contributed by atoms with van der Waals surface area (Å²) in [6.45, 7) is 10.8. The van der Waals surface area contributed by atoms with Gasteiger partial charge in [0.2, 0.25) is 15.9 Å². The fourth-order valence-electron chi connectivity index (χ4n) is 5.18. The minimum atomic E-state index is -3.77. The Kier molecular flexibility index (Phi) is 8.62. The lowest BCUT2D eigenvalue weighted by Crippen LogP contribution is -2.59. The van der Waals surface area contributed by atoms with Crippen LogP contribution in [0.3, 0.4) is 0 Å². The summed E-state index contributed by atoms with van der Waals surface area (Å²) >= 11 is 0. The Hall–Kier alpha value is -2.81. The second kappa shape index (κ2) is 11.7. The van der Waals surface area contributed by atoms with Gasteiger partial charge < -0.3 is 10.1 Å². The molecule has 0 spiro atoms. The Morgan fingerprint density at radius 1 is 1.08 bits per heavy atom. The van der Waals surface area contributed by atoms with Crippen LogP contribution in [0, 0.1) is 18.3 Å². The Bertz CT molecular complexity index is 1260. The maximum absolute atomic E-state index is 13.4. The van der Waals surface area contributed by atoms with Crippen LogP contribution in [0.15, 0.2) is 47.4 Å². The van der Waals surface area contributed by atoms with Gasteiger partial charge in [-0.3, -0.25) is 14.6 Å². The molecule has 1 unspecified atom stereocenters. The maximum atomic E-state index is 13.4. The van der Waals surface area contributed by atoms with Crippen molar-refractivity contribution >= 4 is 21.6 Å². The molecule has 1 amide bonds. The summed E-state index contributed by atoms with van der Waals surface area (Å²) in [5, 5.41) is 12.2. The van der Waals surface area contributed by atoms with E-state index in [1.165, 1.54) is 16.4 Å². The third-order valence-corrected chi connectivity index (χ3v) is 9.03. The molecule has 1 N–H and O–H groups in total. The highest BCUT2D eigenvalue weighted by molar-refractivity contribution is 7.89. The molecule has 2 atom stereocenters. The molecule has 2 aromatic carbocycles. The summed E-state index contributed by atoms with van der Waals surface area (Å²) in [6, 6.07) is 13.6. The first kappa shape index (κ1) is 27.2. The average Bonchev–Trinajstić information content (AvgIpc) is 2.86. The lowest BCUT2D eigenvalue weighted by Gasteiger charge is -2.43. The van der Waals surface area contributed by atoms with Crippen LogP contribution in [0.25, 0.3) is 0 Å². The minimum absolute atomic E-state index is 0.115. The van der Waals surface area contributed by atoms with Crippen molar-refractivity contribution in [1.82, 2.24) is 14.1 Å². The highest BCUT2D eigenvalue weighted by Gasteiger charge is 2.38.